The zero-order valence-electron chi connectivity index (χ0n) is 11.5. The Hall–Kier alpha value is -1.54. The van der Waals surface area contributed by atoms with Gasteiger partial charge in [-0.2, -0.15) is 13.2 Å². The average molecular weight is 304 g/mol. The molecule has 5 nitrogen and oxygen atoms in total. The van der Waals surface area contributed by atoms with Crippen molar-refractivity contribution in [2.45, 2.75) is 38.0 Å². The summed E-state index contributed by atoms with van der Waals surface area (Å²) < 4.78 is 43.8. The molecule has 1 heterocycles. The van der Waals surface area contributed by atoms with Crippen LogP contribution in [0, 0.1) is 0 Å². The van der Waals surface area contributed by atoms with E-state index in [0.29, 0.717) is 13.2 Å². The number of hydrogen-bond acceptors (Lipinski definition) is 5. The molecular weight excluding hydrogens is 285 g/mol. The first-order valence-electron chi connectivity index (χ1n) is 6.90. The number of nitrogens with two attached hydrogens (primary N) is 1. The highest BCUT2D eigenvalue weighted by atomic mass is 19.4. The third kappa shape index (κ3) is 4.75. The maximum atomic E-state index is 12.7. The van der Waals surface area contributed by atoms with Gasteiger partial charge in [0.2, 0.25) is 0 Å². The van der Waals surface area contributed by atoms with Crippen molar-refractivity contribution >= 4 is 11.6 Å². The number of nitrogens with one attached hydrogen (secondary N) is 2. The van der Waals surface area contributed by atoms with Crippen LogP contribution in [0.4, 0.5) is 24.8 Å². The molecule has 1 aliphatic carbocycles. The number of nitrogen functional groups attached to an aromatic ring is 1. The predicted octanol–water partition coefficient (Wildman–Crippen LogP) is 2.76. The molecule has 2 rings (SSSR count). The highest BCUT2D eigenvalue weighted by Crippen LogP contribution is 2.31. The van der Waals surface area contributed by atoms with Crippen LogP contribution in [0.3, 0.4) is 0 Å². The van der Waals surface area contributed by atoms with Gasteiger partial charge in [0.15, 0.2) is 0 Å². The van der Waals surface area contributed by atoms with Crippen LogP contribution in [0.15, 0.2) is 12.1 Å². The molecule has 4 N–H and O–H groups in total. The number of pyridine rings is 1. The molecule has 118 valence electrons. The zero-order chi connectivity index (χ0) is 15.3. The summed E-state index contributed by atoms with van der Waals surface area (Å²) in [6, 6.07) is 1.82. The van der Waals surface area contributed by atoms with Crippen molar-refractivity contribution in [1.29, 1.82) is 0 Å². The zero-order valence-corrected chi connectivity index (χ0v) is 11.5. The maximum Gasteiger partial charge on any atom is 0.416 e. The van der Waals surface area contributed by atoms with Crippen LogP contribution in [-0.4, -0.2) is 24.2 Å². The Kier molecular flexibility index (Phi) is 5.24. The van der Waals surface area contributed by atoms with E-state index in [2.05, 4.69) is 15.7 Å². The fourth-order valence-electron chi connectivity index (χ4n) is 2.32. The van der Waals surface area contributed by atoms with Crippen molar-refractivity contribution in [3.63, 3.8) is 0 Å². The molecular formula is C13H19F3N4O. The lowest BCUT2D eigenvalue weighted by Gasteiger charge is -2.14. The van der Waals surface area contributed by atoms with Crippen LogP contribution in [0.2, 0.25) is 0 Å². The molecule has 0 radical (unpaired) electrons. The summed E-state index contributed by atoms with van der Waals surface area (Å²) in [5.74, 6) is 5.22. The van der Waals surface area contributed by atoms with Crippen molar-refractivity contribution in [1.82, 2.24) is 4.98 Å². The number of ether oxygens (including phenoxy) is 1. The number of hydrazine groups is 1. The largest absolute Gasteiger partial charge is 0.416 e. The minimum atomic E-state index is -4.44. The highest BCUT2D eigenvalue weighted by Gasteiger charge is 2.31. The number of hydrogen-bond donors (Lipinski definition) is 3. The molecule has 1 aliphatic rings. The fourth-order valence-corrected chi connectivity index (χ4v) is 2.32. The number of alkyl halides is 3. The van der Waals surface area contributed by atoms with Gasteiger partial charge in [-0.3, -0.25) is 0 Å². The van der Waals surface area contributed by atoms with Gasteiger partial charge in [0, 0.05) is 6.54 Å². The topological polar surface area (TPSA) is 72.2 Å². The van der Waals surface area contributed by atoms with E-state index in [9.17, 15) is 13.2 Å². The Morgan fingerprint density at radius 3 is 2.52 bits per heavy atom. The lowest BCUT2D eigenvalue weighted by atomic mass is 10.2. The van der Waals surface area contributed by atoms with E-state index in [1.807, 2.05) is 0 Å². The Bertz CT molecular complexity index is 461. The molecule has 1 fully saturated rings. The van der Waals surface area contributed by atoms with E-state index < -0.39 is 11.7 Å². The smallest absolute Gasteiger partial charge is 0.376 e. The summed E-state index contributed by atoms with van der Waals surface area (Å²) in [4.78, 5) is 3.93. The number of halogens is 3. The first kappa shape index (κ1) is 15.8. The van der Waals surface area contributed by atoms with E-state index in [0.717, 1.165) is 25.0 Å². The molecule has 21 heavy (non-hydrogen) atoms. The Balaban J connectivity index is 1.89. The third-order valence-corrected chi connectivity index (χ3v) is 3.36. The van der Waals surface area contributed by atoms with Crippen LogP contribution < -0.4 is 16.6 Å². The maximum absolute atomic E-state index is 12.7. The molecule has 0 spiro atoms. The molecule has 0 bridgehead atoms. The molecule has 0 unspecified atom stereocenters. The van der Waals surface area contributed by atoms with Gasteiger partial charge >= 0.3 is 6.18 Å². The monoisotopic (exact) mass is 304 g/mol. The molecule has 8 heteroatoms. The minimum Gasteiger partial charge on any atom is -0.376 e. The second kappa shape index (κ2) is 6.95. The van der Waals surface area contributed by atoms with E-state index in [1.54, 1.807) is 0 Å². The van der Waals surface area contributed by atoms with E-state index >= 15 is 0 Å². The summed E-state index contributed by atoms with van der Waals surface area (Å²) in [6.07, 6.45) is 0.317. The van der Waals surface area contributed by atoms with Crippen molar-refractivity contribution in [3.8, 4) is 0 Å². The molecule has 0 aliphatic heterocycles. The number of nitrogens with zero attached hydrogens (tertiary/aromatic N) is 1. The molecule has 1 saturated carbocycles. The van der Waals surface area contributed by atoms with Crippen LogP contribution >= 0.6 is 0 Å². The fraction of sp³-hybridized carbons (Fsp3) is 0.615. The number of rotatable bonds is 6. The molecule has 0 amide bonds. The molecule has 1 aromatic rings. The standard InChI is InChI=1S/C13H19F3N4O/c14-13(15,16)9-7-11(19-12(8-9)20-17)18-5-6-21-10-3-1-2-4-10/h7-8,10H,1-6,17H2,(H2,18,19,20). The lowest BCUT2D eigenvalue weighted by molar-refractivity contribution is -0.137. The van der Waals surface area contributed by atoms with Crippen molar-refractivity contribution in [2.75, 3.05) is 23.9 Å². The van der Waals surface area contributed by atoms with Crippen LogP contribution in [0.1, 0.15) is 31.2 Å². The van der Waals surface area contributed by atoms with Crippen LogP contribution in [-0.2, 0) is 10.9 Å². The van der Waals surface area contributed by atoms with Crippen LogP contribution in [0.5, 0.6) is 0 Å². The molecule has 0 atom stereocenters. The summed E-state index contributed by atoms with van der Waals surface area (Å²) >= 11 is 0. The summed E-state index contributed by atoms with van der Waals surface area (Å²) in [5, 5.41) is 2.82. The first-order valence-corrected chi connectivity index (χ1v) is 6.90. The van der Waals surface area contributed by atoms with Crippen molar-refractivity contribution in [3.05, 3.63) is 17.7 Å². The van der Waals surface area contributed by atoms with Gasteiger partial charge in [0.05, 0.1) is 18.3 Å². The summed E-state index contributed by atoms with van der Waals surface area (Å²) in [7, 11) is 0. The van der Waals surface area contributed by atoms with Gasteiger partial charge in [0.1, 0.15) is 11.6 Å². The van der Waals surface area contributed by atoms with Crippen molar-refractivity contribution < 1.29 is 17.9 Å². The van der Waals surface area contributed by atoms with Gasteiger partial charge in [-0.1, -0.05) is 12.8 Å². The second-order valence-electron chi connectivity index (χ2n) is 4.97. The molecule has 0 saturated heterocycles. The minimum absolute atomic E-state index is 0.0379. The van der Waals surface area contributed by atoms with Gasteiger partial charge < -0.3 is 15.5 Å². The normalized spacial score (nSPS) is 16.2. The summed E-state index contributed by atoms with van der Waals surface area (Å²) in [5.41, 5.74) is 1.33. The Labute approximate surface area is 121 Å². The quantitative estimate of drug-likeness (QED) is 0.428. The van der Waals surface area contributed by atoms with Gasteiger partial charge in [-0.25, -0.2) is 10.8 Å². The highest BCUT2D eigenvalue weighted by molar-refractivity contribution is 5.49. The van der Waals surface area contributed by atoms with E-state index in [4.69, 9.17) is 10.6 Å². The first-order chi connectivity index (χ1) is 9.99. The SMILES string of the molecule is NNc1cc(C(F)(F)F)cc(NCCOC2CCCC2)n1. The average Bonchev–Trinajstić information content (AvgIpc) is 2.95. The number of aromatic nitrogens is 1. The van der Waals surface area contributed by atoms with Crippen molar-refractivity contribution in [2.24, 2.45) is 5.84 Å². The Morgan fingerprint density at radius 2 is 1.90 bits per heavy atom. The van der Waals surface area contributed by atoms with E-state index in [1.165, 1.54) is 12.8 Å². The molecule has 0 aromatic carbocycles. The van der Waals surface area contributed by atoms with E-state index in [-0.39, 0.29) is 17.7 Å². The van der Waals surface area contributed by atoms with Gasteiger partial charge in [0.25, 0.3) is 0 Å². The number of anilines is 2. The summed E-state index contributed by atoms with van der Waals surface area (Å²) in [6.45, 7) is 0.836. The lowest BCUT2D eigenvalue weighted by Crippen LogP contribution is -2.17. The van der Waals surface area contributed by atoms with Gasteiger partial charge in [-0.15, -0.1) is 0 Å². The predicted molar refractivity (Wildman–Crippen MR) is 73.7 cm³/mol. The van der Waals surface area contributed by atoms with Gasteiger partial charge in [-0.05, 0) is 25.0 Å². The third-order valence-electron chi connectivity index (χ3n) is 3.36. The second-order valence-corrected chi connectivity index (χ2v) is 4.97. The van der Waals surface area contributed by atoms with Crippen LogP contribution in [0.25, 0.3) is 0 Å². The molecule has 1 aromatic heterocycles. The Morgan fingerprint density at radius 1 is 1.24 bits per heavy atom.